The zero-order valence-electron chi connectivity index (χ0n) is 6.94. The molecule has 0 bridgehead atoms. The third-order valence-electron chi connectivity index (χ3n) is 1.96. The second kappa shape index (κ2) is 2.85. The van der Waals surface area contributed by atoms with Crippen LogP contribution in [0.3, 0.4) is 0 Å². The van der Waals surface area contributed by atoms with Crippen molar-refractivity contribution in [3.05, 3.63) is 42.6 Å². The molecule has 1 aromatic rings. The number of H-pyrrole nitrogens is 1. The number of aromatic amines is 1. The maximum Gasteiger partial charge on any atom is 0.132 e. The Morgan fingerprint density at radius 3 is 3.08 bits per heavy atom. The molecule has 1 unspecified atom stereocenters. The normalized spacial score (nSPS) is 21.8. The first-order valence-corrected chi connectivity index (χ1v) is 3.94. The molecule has 0 aromatic carbocycles. The molecule has 0 aliphatic carbocycles. The van der Waals surface area contributed by atoms with E-state index in [-0.39, 0.29) is 6.04 Å². The molecular formula is C9H11N3. The summed E-state index contributed by atoms with van der Waals surface area (Å²) in [5, 5.41) is 0. The van der Waals surface area contributed by atoms with Crippen molar-refractivity contribution >= 4 is 0 Å². The summed E-state index contributed by atoms with van der Waals surface area (Å²) in [6.45, 7) is 0. The van der Waals surface area contributed by atoms with Crippen LogP contribution in [-0.2, 0) is 0 Å². The number of likely N-dealkylation sites (N-methyl/N-ethyl adjacent to an activating group) is 1. The molecule has 0 saturated carbocycles. The number of aromatic nitrogens is 2. The largest absolute Gasteiger partial charge is 0.367 e. The Morgan fingerprint density at radius 1 is 1.50 bits per heavy atom. The van der Waals surface area contributed by atoms with E-state index in [0.717, 1.165) is 5.82 Å². The Bertz CT molecular complexity index is 298. The number of rotatable bonds is 1. The monoisotopic (exact) mass is 161 g/mol. The lowest BCUT2D eigenvalue weighted by Crippen LogP contribution is -2.19. The Morgan fingerprint density at radius 2 is 2.42 bits per heavy atom. The fraction of sp³-hybridized carbons (Fsp3) is 0.222. The molecule has 1 aromatic heterocycles. The van der Waals surface area contributed by atoms with Gasteiger partial charge in [-0.1, -0.05) is 12.2 Å². The minimum atomic E-state index is 0.255. The van der Waals surface area contributed by atoms with Crippen LogP contribution >= 0.6 is 0 Å². The second-order valence-corrected chi connectivity index (χ2v) is 2.81. The van der Waals surface area contributed by atoms with Gasteiger partial charge in [0.2, 0.25) is 0 Å². The summed E-state index contributed by atoms with van der Waals surface area (Å²) in [5.41, 5.74) is 0. The minimum absolute atomic E-state index is 0.255. The maximum atomic E-state index is 4.21. The summed E-state index contributed by atoms with van der Waals surface area (Å²) in [6, 6.07) is 0.255. The Hall–Kier alpha value is -1.51. The average molecular weight is 161 g/mol. The summed E-state index contributed by atoms with van der Waals surface area (Å²) in [4.78, 5) is 9.42. The van der Waals surface area contributed by atoms with Crippen LogP contribution in [0.15, 0.2) is 36.8 Å². The first kappa shape index (κ1) is 7.16. The summed E-state index contributed by atoms with van der Waals surface area (Å²) >= 11 is 0. The lowest BCUT2D eigenvalue weighted by molar-refractivity contribution is 0.377. The molecule has 0 saturated heterocycles. The van der Waals surface area contributed by atoms with Gasteiger partial charge >= 0.3 is 0 Å². The van der Waals surface area contributed by atoms with E-state index in [9.17, 15) is 0 Å². The van der Waals surface area contributed by atoms with Gasteiger partial charge < -0.3 is 9.88 Å². The molecule has 2 heterocycles. The molecule has 2 rings (SSSR count). The van der Waals surface area contributed by atoms with E-state index in [1.165, 1.54) is 0 Å². The molecule has 1 atom stereocenters. The zero-order chi connectivity index (χ0) is 8.39. The van der Waals surface area contributed by atoms with Gasteiger partial charge in [0.05, 0.1) is 0 Å². The predicted octanol–water partition coefficient (Wildman–Crippen LogP) is 1.47. The van der Waals surface area contributed by atoms with E-state index in [2.05, 4.69) is 20.9 Å². The standard InChI is InChI=1S/C9H11N3/c1-12-7-3-2-4-8(12)9-10-5-6-11-9/h2-8H,1H3,(H,10,11). The number of nitrogens with one attached hydrogen (secondary N) is 1. The highest BCUT2D eigenvalue weighted by atomic mass is 15.1. The third kappa shape index (κ3) is 1.13. The number of hydrogen-bond donors (Lipinski definition) is 1. The second-order valence-electron chi connectivity index (χ2n) is 2.81. The molecule has 62 valence electrons. The van der Waals surface area contributed by atoms with Crippen molar-refractivity contribution in [3.8, 4) is 0 Å². The van der Waals surface area contributed by atoms with Gasteiger partial charge in [0.15, 0.2) is 0 Å². The number of hydrogen-bond acceptors (Lipinski definition) is 2. The highest BCUT2D eigenvalue weighted by Gasteiger charge is 2.14. The van der Waals surface area contributed by atoms with Crippen LogP contribution in [-0.4, -0.2) is 21.9 Å². The molecule has 1 aliphatic heterocycles. The third-order valence-corrected chi connectivity index (χ3v) is 1.96. The van der Waals surface area contributed by atoms with Gasteiger partial charge in [-0.3, -0.25) is 0 Å². The molecule has 0 radical (unpaired) electrons. The van der Waals surface area contributed by atoms with Gasteiger partial charge in [-0.25, -0.2) is 4.98 Å². The SMILES string of the molecule is CN1C=CC=CC1c1ncc[nH]1. The lowest BCUT2D eigenvalue weighted by Gasteiger charge is -2.24. The van der Waals surface area contributed by atoms with Crippen LogP contribution in [0.4, 0.5) is 0 Å². The van der Waals surface area contributed by atoms with E-state index in [4.69, 9.17) is 0 Å². The van der Waals surface area contributed by atoms with Crippen molar-refractivity contribution in [2.24, 2.45) is 0 Å². The van der Waals surface area contributed by atoms with Crippen molar-refractivity contribution in [2.45, 2.75) is 6.04 Å². The zero-order valence-corrected chi connectivity index (χ0v) is 6.94. The van der Waals surface area contributed by atoms with Gasteiger partial charge in [-0.15, -0.1) is 0 Å². The Labute approximate surface area is 71.4 Å². The number of imidazole rings is 1. The molecule has 1 N–H and O–H groups in total. The summed E-state index contributed by atoms with van der Waals surface area (Å²) < 4.78 is 0. The smallest absolute Gasteiger partial charge is 0.132 e. The molecular weight excluding hydrogens is 150 g/mol. The average Bonchev–Trinajstić information content (AvgIpc) is 2.57. The van der Waals surface area contributed by atoms with E-state index in [0.29, 0.717) is 0 Å². The molecule has 12 heavy (non-hydrogen) atoms. The quantitative estimate of drug-likeness (QED) is 0.676. The van der Waals surface area contributed by atoms with Crippen LogP contribution in [0.2, 0.25) is 0 Å². The van der Waals surface area contributed by atoms with Crippen LogP contribution in [0.5, 0.6) is 0 Å². The highest BCUT2D eigenvalue weighted by Crippen LogP contribution is 2.19. The van der Waals surface area contributed by atoms with Crippen LogP contribution in [0, 0.1) is 0 Å². The molecule has 3 nitrogen and oxygen atoms in total. The van der Waals surface area contributed by atoms with Crippen LogP contribution in [0.1, 0.15) is 11.9 Å². The highest BCUT2D eigenvalue weighted by molar-refractivity contribution is 5.17. The molecule has 1 aliphatic rings. The van der Waals surface area contributed by atoms with Crippen LogP contribution < -0.4 is 0 Å². The molecule has 0 amide bonds. The summed E-state index contributed by atoms with van der Waals surface area (Å²) in [7, 11) is 2.03. The van der Waals surface area contributed by atoms with Crippen molar-refractivity contribution < 1.29 is 0 Å². The lowest BCUT2D eigenvalue weighted by atomic mass is 10.2. The van der Waals surface area contributed by atoms with E-state index < -0.39 is 0 Å². The van der Waals surface area contributed by atoms with Crippen molar-refractivity contribution in [3.63, 3.8) is 0 Å². The van der Waals surface area contributed by atoms with E-state index >= 15 is 0 Å². The van der Waals surface area contributed by atoms with Crippen molar-refractivity contribution in [2.75, 3.05) is 7.05 Å². The fourth-order valence-corrected chi connectivity index (χ4v) is 1.31. The molecule has 0 fully saturated rings. The summed E-state index contributed by atoms with van der Waals surface area (Å²) in [5.74, 6) is 0.984. The van der Waals surface area contributed by atoms with E-state index in [1.807, 2.05) is 31.6 Å². The van der Waals surface area contributed by atoms with Gasteiger partial charge in [-0.2, -0.15) is 0 Å². The first-order chi connectivity index (χ1) is 5.88. The maximum absolute atomic E-state index is 4.21. The minimum Gasteiger partial charge on any atom is -0.367 e. The van der Waals surface area contributed by atoms with Gasteiger partial charge in [0, 0.05) is 19.4 Å². The van der Waals surface area contributed by atoms with E-state index in [1.54, 1.807) is 6.20 Å². The topological polar surface area (TPSA) is 31.9 Å². The molecule has 0 spiro atoms. The number of nitrogens with zero attached hydrogens (tertiary/aromatic N) is 2. The van der Waals surface area contributed by atoms with Crippen LogP contribution in [0.25, 0.3) is 0 Å². The van der Waals surface area contributed by atoms with Gasteiger partial charge in [0.1, 0.15) is 11.9 Å². The summed E-state index contributed by atoms with van der Waals surface area (Å²) in [6.07, 6.45) is 11.8. The Balaban J connectivity index is 2.25. The van der Waals surface area contributed by atoms with Crippen molar-refractivity contribution in [1.82, 2.24) is 14.9 Å². The van der Waals surface area contributed by atoms with Gasteiger partial charge in [0.25, 0.3) is 0 Å². The van der Waals surface area contributed by atoms with Crippen molar-refractivity contribution in [1.29, 1.82) is 0 Å². The molecule has 3 heteroatoms. The Kier molecular flexibility index (Phi) is 1.70. The van der Waals surface area contributed by atoms with Gasteiger partial charge in [-0.05, 0) is 12.3 Å². The fourth-order valence-electron chi connectivity index (χ4n) is 1.31. The predicted molar refractivity (Wildman–Crippen MR) is 47.4 cm³/mol. The number of allylic oxidation sites excluding steroid dienone is 2. The first-order valence-electron chi connectivity index (χ1n) is 3.94.